The predicted molar refractivity (Wildman–Crippen MR) is 117 cm³/mol. The molecule has 0 radical (unpaired) electrons. The van der Waals surface area contributed by atoms with Crippen LogP contribution in [0.3, 0.4) is 0 Å². The predicted octanol–water partition coefficient (Wildman–Crippen LogP) is 2.90. The SMILES string of the molecule is CCOc1ccc(NC(=O)CN(C)S(=O)(=O)c2cc(OC)c(OC)cc2F)cc1OCC. The number of amides is 1. The zero-order valence-corrected chi connectivity index (χ0v) is 19.4. The van der Waals surface area contributed by atoms with Crippen LogP contribution in [0.5, 0.6) is 23.0 Å². The van der Waals surface area contributed by atoms with Gasteiger partial charge in [-0.25, -0.2) is 12.8 Å². The van der Waals surface area contributed by atoms with E-state index in [1.165, 1.54) is 21.3 Å². The molecule has 32 heavy (non-hydrogen) atoms. The minimum Gasteiger partial charge on any atom is -0.493 e. The monoisotopic (exact) mass is 470 g/mol. The van der Waals surface area contributed by atoms with Crippen LogP contribution in [0, 0.1) is 5.82 Å². The number of benzene rings is 2. The van der Waals surface area contributed by atoms with Crippen molar-refractivity contribution in [3.8, 4) is 23.0 Å². The van der Waals surface area contributed by atoms with Gasteiger partial charge < -0.3 is 24.3 Å². The van der Waals surface area contributed by atoms with Crippen LogP contribution in [0.1, 0.15) is 13.8 Å². The smallest absolute Gasteiger partial charge is 0.246 e. The van der Waals surface area contributed by atoms with Gasteiger partial charge in [0.05, 0.1) is 34.0 Å². The van der Waals surface area contributed by atoms with Crippen molar-refractivity contribution in [1.82, 2.24) is 4.31 Å². The number of carbonyl (C=O) groups excluding carboxylic acids is 1. The highest BCUT2D eigenvalue weighted by molar-refractivity contribution is 7.89. The third kappa shape index (κ3) is 5.80. The summed E-state index contributed by atoms with van der Waals surface area (Å²) in [5.74, 6) is -0.587. The lowest BCUT2D eigenvalue weighted by Gasteiger charge is -2.19. The number of nitrogens with one attached hydrogen (secondary N) is 1. The van der Waals surface area contributed by atoms with Gasteiger partial charge in [0.15, 0.2) is 23.0 Å². The molecule has 0 fully saturated rings. The molecule has 176 valence electrons. The topological polar surface area (TPSA) is 103 Å². The van der Waals surface area contributed by atoms with Crippen LogP contribution < -0.4 is 24.3 Å². The molecule has 0 aliphatic rings. The average molecular weight is 471 g/mol. The van der Waals surface area contributed by atoms with E-state index in [9.17, 15) is 17.6 Å². The molecule has 2 aromatic rings. The van der Waals surface area contributed by atoms with E-state index in [1.807, 2.05) is 13.8 Å². The van der Waals surface area contributed by atoms with Crippen LogP contribution in [0.25, 0.3) is 0 Å². The summed E-state index contributed by atoms with van der Waals surface area (Å²) >= 11 is 0. The molecule has 0 aliphatic heterocycles. The van der Waals surface area contributed by atoms with Crippen molar-refractivity contribution in [1.29, 1.82) is 0 Å². The Morgan fingerprint density at radius 1 is 0.969 bits per heavy atom. The van der Waals surface area contributed by atoms with Crippen molar-refractivity contribution >= 4 is 21.6 Å². The first-order valence-electron chi connectivity index (χ1n) is 9.75. The fraction of sp³-hybridized carbons (Fsp3) is 0.381. The van der Waals surface area contributed by atoms with E-state index < -0.39 is 33.2 Å². The molecule has 0 aliphatic carbocycles. The first-order chi connectivity index (χ1) is 15.2. The molecule has 11 heteroatoms. The number of carbonyl (C=O) groups is 1. The molecule has 9 nitrogen and oxygen atoms in total. The Balaban J connectivity index is 2.19. The van der Waals surface area contributed by atoms with Crippen LogP contribution in [0.4, 0.5) is 10.1 Å². The van der Waals surface area contributed by atoms with E-state index in [4.69, 9.17) is 18.9 Å². The summed E-state index contributed by atoms with van der Waals surface area (Å²) in [4.78, 5) is 11.8. The van der Waals surface area contributed by atoms with Gasteiger partial charge in [0.25, 0.3) is 0 Å². The molecule has 0 spiro atoms. The van der Waals surface area contributed by atoms with Gasteiger partial charge in [-0.1, -0.05) is 0 Å². The van der Waals surface area contributed by atoms with Gasteiger partial charge in [0.1, 0.15) is 10.7 Å². The van der Waals surface area contributed by atoms with Crippen molar-refractivity contribution in [2.45, 2.75) is 18.7 Å². The summed E-state index contributed by atoms with van der Waals surface area (Å²) < 4.78 is 61.9. The molecular formula is C21H27FN2O7S. The number of hydrogen-bond donors (Lipinski definition) is 1. The molecule has 0 atom stereocenters. The maximum Gasteiger partial charge on any atom is 0.246 e. The van der Waals surface area contributed by atoms with Crippen molar-refractivity contribution in [2.24, 2.45) is 0 Å². The minimum absolute atomic E-state index is 0.0446. The van der Waals surface area contributed by atoms with Crippen molar-refractivity contribution in [2.75, 3.05) is 46.3 Å². The first kappa shape index (κ1) is 25.2. The summed E-state index contributed by atoms with van der Waals surface area (Å²) in [6, 6.07) is 6.75. The van der Waals surface area contributed by atoms with Gasteiger partial charge in [-0.3, -0.25) is 4.79 Å². The van der Waals surface area contributed by atoms with Crippen molar-refractivity contribution in [3.63, 3.8) is 0 Å². The minimum atomic E-state index is -4.33. The zero-order valence-electron chi connectivity index (χ0n) is 18.6. The third-order valence-corrected chi connectivity index (χ3v) is 6.14. The molecule has 0 heterocycles. The fourth-order valence-electron chi connectivity index (χ4n) is 2.82. The van der Waals surface area contributed by atoms with E-state index >= 15 is 0 Å². The van der Waals surface area contributed by atoms with Gasteiger partial charge >= 0.3 is 0 Å². The molecule has 0 saturated heterocycles. The molecule has 1 amide bonds. The summed E-state index contributed by atoms with van der Waals surface area (Å²) in [5.41, 5.74) is 0.394. The summed E-state index contributed by atoms with van der Waals surface area (Å²) in [6.45, 7) is 3.95. The van der Waals surface area contributed by atoms with E-state index in [0.29, 0.717) is 30.4 Å². The van der Waals surface area contributed by atoms with Crippen molar-refractivity contribution in [3.05, 3.63) is 36.1 Å². The Morgan fingerprint density at radius 2 is 1.56 bits per heavy atom. The molecule has 1 N–H and O–H groups in total. The third-order valence-electron chi connectivity index (χ3n) is 4.32. The van der Waals surface area contributed by atoms with E-state index in [1.54, 1.807) is 18.2 Å². The lowest BCUT2D eigenvalue weighted by Crippen LogP contribution is -2.35. The van der Waals surface area contributed by atoms with Crippen molar-refractivity contribution < 1.29 is 36.6 Å². The molecule has 0 aromatic heterocycles. The number of ether oxygens (including phenoxy) is 4. The molecule has 2 rings (SSSR count). The van der Waals surface area contributed by atoms with Gasteiger partial charge in [-0.15, -0.1) is 0 Å². The van der Waals surface area contributed by atoms with Crippen LogP contribution in [-0.2, 0) is 14.8 Å². The fourth-order valence-corrected chi connectivity index (χ4v) is 4.00. The lowest BCUT2D eigenvalue weighted by atomic mass is 10.2. The standard InChI is InChI=1S/C21H27FN2O7S/c1-6-30-16-9-8-14(10-19(16)31-7-2)23-21(25)13-24(3)32(26,27)20-12-18(29-5)17(28-4)11-15(20)22/h8-12H,6-7,13H2,1-5H3,(H,23,25). The maximum absolute atomic E-state index is 14.4. The summed E-state index contributed by atoms with van der Waals surface area (Å²) in [5, 5.41) is 2.60. The molecule has 0 unspecified atom stereocenters. The highest BCUT2D eigenvalue weighted by atomic mass is 32.2. The van der Waals surface area contributed by atoms with E-state index in [-0.39, 0.29) is 11.5 Å². The van der Waals surface area contributed by atoms with Crippen LogP contribution in [0.2, 0.25) is 0 Å². The Morgan fingerprint density at radius 3 is 2.16 bits per heavy atom. The number of sulfonamides is 1. The number of nitrogens with zero attached hydrogens (tertiary/aromatic N) is 1. The van der Waals surface area contributed by atoms with Gasteiger partial charge in [-0.2, -0.15) is 4.31 Å². The van der Waals surface area contributed by atoms with Gasteiger partial charge in [-0.05, 0) is 26.0 Å². The van der Waals surface area contributed by atoms with E-state index in [2.05, 4.69) is 5.32 Å². The Bertz CT molecular complexity index is 1060. The second-order valence-electron chi connectivity index (χ2n) is 6.47. The van der Waals surface area contributed by atoms with Crippen LogP contribution in [0.15, 0.2) is 35.2 Å². The molecule has 0 saturated carbocycles. The molecular weight excluding hydrogens is 443 g/mol. The number of halogens is 1. The Hall–Kier alpha value is -3.05. The van der Waals surface area contributed by atoms with Gasteiger partial charge in [0, 0.05) is 30.9 Å². The summed E-state index contributed by atoms with van der Waals surface area (Å²) in [6.07, 6.45) is 0. The lowest BCUT2D eigenvalue weighted by molar-refractivity contribution is -0.116. The van der Waals surface area contributed by atoms with Crippen LogP contribution in [-0.4, -0.2) is 59.7 Å². The van der Waals surface area contributed by atoms with Crippen LogP contribution >= 0.6 is 0 Å². The van der Waals surface area contributed by atoms with Gasteiger partial charge in [0.2, 0.25) is 15.9 Å². The highest BCUT2D eigenvalue weighted by Gasteiger charge is 2.28. The summed E-state index contributed by atoms with van der Waals surface area (Å²) in [7, 11) is -0.545. The normalized spacial score (nSPS) is 11.2. The number of likely N-dealkylation sites (N-methyl/N-ethyl adjacent to an activating group) is 1. The van der Waals surface area contributed by atoms with E-state index in [0.717, 1.165) is 16.4 Å². The Kier molecular flexibility index (Phi) is 8.67. The highest BCUT2D eigenvalue weighted by Crippen LogP contribution is 2.33. The largest absolute Gasteiger partial charge is 0.493 e. The first-order valence-corrected chi connectivity index (χ1v) is 11.2. The Labute approximate surface area is 187 Å². The molecule has 0 bridgehead atoms. The number of hydrogen-bond acceptors (Lipinski definition) is 7. The second kappa shape index (κ2) is 11.0. The number of rotatable bonds is 11. The second-order valence-corrected chi connectivity index (χ2v) is 8.49. The number of anilines is 1. The molecule has 2 aromatic carbocycles. The average Bonchev–Trinajstić information content (AvgIpc) is 2.75. The zero-order chi connectivity index (χ0) is 23.9. The number of methoxy groups -OCH3 is 2. The maximum atomic E-state index is 14.4. The quantitative estimate of drug-likeness (QED) is 0.539.